The van der Waals surface area contributed by atoms with Gasteiger partial charge < -0.3 is 50.9 Å². The van der Waals surface area contributed by atoms with Crippen molar-refractivity contribution >= 4 is 89.2 Å². The van der Waals surface area contributed by atoms with Crippen LogP contribution in [0.15, 0.2) is 55.0 Å². The van der Waals surface area contributed by atoms with Crippen molar-refractivity contribution < 1.29 is 28.7 Å². The van der Waals surface area contributed by atoms with Crippen molar-refractivity contribution in [1.29, 1.82) is 0 Å². The van der Waals surface area contributed by atoms with Gasteiger partial charge in [-0.25, -0.2) is 19.6 Å². The van der Waals surface area contributed by atoms with E-state index in [2.05, 4.69) is 54.5 Å². The molecule has 0 radical (unpaired) electrons. The van der Waals surface area contributed by atoms with Gasteiger partial charge in [0, 0.05) is 70.7 Å². The number of nitrogens with one attached hydrogen (secondary N) is 3. The summed E-state index contributed by atoms with van der Waals surface area (Å²) in [6, 6.07) is 9.20. The lowest BCUT2D eigenvalue weighted by atomic mass is 10.00. The van der Waals surface area contributed by atoms with Crippen molar-refractivity contribution in [3.05, 3.63) is 83.0 Å². The van der Waals surface area contributed by atoms with Gasteiger partial charge in [-0.15, -0.1) is 0 Å². The number of carbonyl (C=O) groups is 5. The predicted octanol–water partition coefficient (Wildman–Crippen LogP) is 6.81. The Hall–Kier alpha value is -7.33. The molecule has 2 fully saturated rings. The molecule has 5 N–H and O–H groups in total. The van der Waals surface area contributed by atoms with Crippen LogP contribution in [-0.2, 0) is 20.8 Å². The van der Waals surface area contributed by atoms with Crippen LogP contribution in [0.5, 0.6) is 5.75 Å². The summed E-state index contributed by atoms with van der Waals surface area (Å²) < 4.78 is 7.39. The number of nitrogens with two attached hydrogens (primary N) is 1. The molecular weight excluding hydrogens is 999 g/mol. The number of ether oxygens (including phenoxy) is 1. The number of methoxy groups -OCH3 is 1. The van der Waals surface area contributed by atoms with Gasteiger partial charge in [-0.3, -0.25) is 24.0 Å². The Labute approximate surface area is 459 Å². The number of nitrogens with zero attached hydrogens (tertiary/aromatic N) is 11. The van der Waals surface area contributed by atoms with E-state index in [9.17, 15) is 24.0 Å². The van der Waals surface area contributed by atoms with Gasteiger partial charge in [-0.1, -0.05) is 45.8 Å². The van der Waals surface area contributed by atoms with Crippen LogP contribution < -0.4 is 36.2 Å². The number of aromatic nitrogens is 6. The van der Waals surface area contributed by atoms with Crippen LogP contribution in [0.2, 0.25) is 0 Å². The first-order chi connectivity index (χ1) is 36.6. The third kappa shape index (κ3) is 15.0. The molecule has 1 saturated heterocycles. The summed E-state index contributed by atoms with van der Waals surface area (Å²) in [5, 5.41) is 14.5. The third-order valence-corrected chi connectivity index (χ3v) is 14.0. The second-order valence-electron chi connectivity index (χ2n) is 19.3. The summed E-state index contributed by atoms with van der Waals surface area (Å²) in [6.45, 7) is 13.3. The summed E-state index contributed by atoms with van der Waals surface area (Å²) in [5.41, 5.74) is 12.7. The molecule has 5 aromatic rings. The second kappa shape index (κ2) is 28.7. The Morgan fingerprint density at radius 2 is 1.65 bits per heavy atom. The fourth-order valence-electron chi connectivity index (χ4n) is 9.59. The van der Waals surface area contributed by atoms with Crippen molar-refractivity contribution in [1.82, 2.24) is 49.7 Å². The van der Waals surface area contributed by atoms with Gasteiger partial charge in [0.05, 0.1) is 37.0 Å². The number of amides is 5. The zero-order valence-electron chi connectivity index (χ0n) is 46.5. The summed E-state index contributed by atoms with van der Waals surface area (Å²) in [7, 11) is 8.68. The number of fused-ring (bicyclic) bond motifs is 2. The monoisotopic (exact) mass is 1080 g/mol. The normalized spacial score (nSPS) is 15.2. The van der Waals surface area contributed by atoms with E-state index in [4.69, 9.17) is 20.6 Å². The van der Waals surface area contributed by atoms with Crippen molar-refractivity contribution in [2.75, 3.05) is 101 Å². The molecule has 0 bridgehead atoms. The van der Waals surface area contributed by atoms with E-state index in [0.717, 1.165) is 87.7 Å². The van der Waals surface area contributed by atoms with Crippen molar-refractivity contribution in [2.45, 2.75) is 104 Å². The van der Waals surface area contributed by atoms with Crippen LogP contribution in [0.4, 0.5) is 34.6 Å². The quantitative estimate of drug-likeness (QED) is 0.0400. The number of anilines is 6. The third-order valence-electron chi connectivity index (χ3n) is 14.0. The van der Waals surface area contributed by atoms with Crippen LogP contribution >= 0.6 is 13.5 Å². The summed E-state index contributed by atoms with van der Waals surface area (Å²) >= 11 is 0. The molecule has 2 aromatic carbocycles. The number of piperidine rings is 1. The molecule has 3 aliphatic rings. The topological polar surface area (TPSA) is 242 Å². The van der Waals surface area contributed by atoms with Gasteiger partial charge in [0.25, 0.3) is 11.8 Å². The predicted molar refractivity (Wildman–Crippen MR) is 309 cm³/mol. The molecule has 5 heterocycles. The van der Waals surface area contributed by atoms with Crippen LogP contribution in [0.3, 0.4) is 0 Å². The molecule has 22 heteroatoms. The van der Waals surface area contributed by atoms with Crippen LogP contribution in [0, 0.1) is 13.8 Å². The minimum Gasteiger partial charge on any atom is -0.495 e. The lowest BCUT2D eigenvalue weighted by Gasteiger charge is -2.37. The number of carbonyl (C=O) groups excluding carboxylic acids is 5. The lowest BCUT2D eigenvalue weighted by Crippen LogP contribution is -2.48. The van der Waals surface area contributed by atoms with Gasteiger partial charge >= 0.3 is 0 Å². The van der Waals surface area contributed by atoms with E-state index in [1.807, 2.05) is 50.9 Å². The van der Waals surface area contributed by atoms with E-state index in [1.54, 1.807) is 68.3 Å². The second-order valence-corrected chi connectivity index (χ2v) is 19.3. The standard InChI is InChI=1S/C50H64N14O5.C3H7NO.C2H6.H2S/c1-7-33-18-20-37(32(3)31(33)2)56-49(68)44-43-45(51)54-30-55-47(43)64(59-44)36-16-12-25-62(28-36)41(65)17-13-24-60(4)23-11-10-22-52-48(67)34-19-21-38(40(26-34)69-6)57-50-53-27-39-46(58-50)63(29-42(66)61(39)5)35-14-8-9-15-35;1-4(2)3-5;1-2;/h13,17-21,26-27,30,35-36H,7-12,14-16,22-25,28-29H2,1-6H3,(H,52,67)(H,56,68)(H2,51,54,55)(H,53,57,58);3H,1-2H3;1-2H3;1H2/b17-13+;;;. The summed E-state index contributed by atoms with van der Waals surface area (Å²) in [5.74, 6) is 1.07. The maximum Gasteiger partial charge on any atom is 0.277 e. The number of hydrogen-bond acceptors (Lipinski definition) is 15. The molecule has 1 aliphatic carbocycles. The number of benzene rings is 2. The number of unbranched alkanes of at least 4 members (excludes halogenated alkanes) is 1. The maximum absolute atomic E-state index is 13.8. The van der Waals surface area contributed by atoms with Gasteiger partial charge in [0.2, 0.25) is 24.2 Å². The Morgan fingerprint density at radius 3 is 2.35 bits per heavy atom. The fraction of sp³-hybridized carbons (Fsp3) is 0.491. The van der Waals surface area contributed by atoms with Crippen LogP contribution in [0.25, 0.3) is 11.0 Å². The first kappa shape index (κ1) is 60.5. The number of aryl methyl sites for hydroxylation is 1. The smallest absolute Gasteiger partial charge is 0.277 e. The molecule has 77 heavy (non-hydrogen) atoms. The summed E-state index contributed by atoms with van der Waals surface area (Å²) in [6.07, 6.45) is 15.7. The molecule has 1 atom stereocenters. The number of nitrogen functional groups attached to an aromatic ring is 1. The highest BCUT2D eigenvalue weighted by atomic mass is 32.1. The molecule has 21 nitrogen and oxygen atoms in total. The Balaban J connectivity index is 0.00000129. The average Bonchev–Trinajstić information content (AvgIpc) is 4.16. The highest BCUT2D eigenvalue weighted by Crippen LogP contribution is 2.38. The largest absolute Gasteiger partial charge is 0.495 e. The van der Waals surface area contributed by atoms with Crippen LogP contribution in [0.1, 0.15) is 116 Å². The number of likely N-dealkylation sites (N-methyl/N-ethyl adjacent to an activating group) is 2. The number of hydrogen-bond donors (Lipinski definition) is 4. The first-order valence-electron chi connectivity index (χ1n) is 26.4. The van der Waals surface area contributed by atoms with Gasteiger partial charge in [0.1, 0.15) is 23.6 Å². The molecule has 3 aromatic heterocycles. The SMILES string of the molecule is CC.CCc1ccc(NC(=O)c2nn(C3CCCN(C(=O)/C=C/CN(C)CCCCNC(=O)c4ccc(Nc5ncc6c(n5)N(C5CCCC5)CC(=O)N6C)c(OC)c4)C3)c3ncnc(N)c23)c(C)c1C.CN(C)C=O.S. The molecule has 416 valence electrons. The highest BCUT2D eigenvalue weighted by Gasteiger charge is 2.35. The first-order valence-corrected chi connectivity index (χ1v) is 26.4. The Kier molecular flexibility index (Phi) is 22.6. The molecule has 8 rings (SSSR count). The van der Waals surface area contributed by atoms with Crippen molar-refractivity contribution in [3.8, 4) is 5.75 Å². The zero-order chi connectivity index (χ0) is 55.1. The van der Waals surface area contributed by atoms with Gasteiger partial charge in [-0.05, 0) is 113 Å². The average molecular weight is 1080 g/mol. The Bertz CT molecular complexity index is 2870. The maximum atomic E-state index is 13.8. The molecule has 1 saturated carbocycles. The molecule has 5 amide bonds. The minimum atomic E-state index is -0.400. The van der Waals surface area contributed by atoms with E-state index in [-0.39, 0.29) is 54.8 Å². The van der Waals surface area contributed by atoms with E-state index >= 15 is 0 Å². The van der Waals surface area contributed by atoms with Crippen molar-refractivity contribution in [3.63, 3.8) is 0 Å². The number of likely N-dealkylation sites (tertiary alicyclic amines) is 1. The Morgan fingerprint density at radius 1 is 0.935 bits per heavy atom. The molecular formula is C55H79N15O6S. The van der Waals surface area contributed by atoms with E-state index in [0.29, 0.717) is 78.1 Å². The van der Waals surface area contributed by atoms with Gasteiger partial charge in [0.15, 0.2) is 17.2 Å². The fourth-order valence-corrected chi connectivity index (χ4v) is 9.59. The van der Waals surface area contributed by atoms with E-state index in [1.165, 1.54) is 16.8 Å². The van der Waals surface area contributed by atoms with Crippen molar-refractivity contribution in [2.24, 2.45) is 0 Å². The molecule has 0 spiro atoms. The van der Waals surface area contributed by atoms with Gasteiger partial charge in [-0.2, -0.15) is 23.6 Å². The molecule has 2 aliphatic heterocycles. The zero-order valence-corrected chi connectivity index (χ0v) is 47.5. The lowest BCUT2D eigenvalue weighted by molar-refractivity contribution is -0.127. The van der Waals surface area contributed by atoms with Crippen LogP contribution in [-0.4, -0.2) is 155 Å². The highest BCUT2D eigenvalue weighted by molar-refractivity contribution is 7.59. The number of rotatable bonds is 18. The minimum absolute atomic E-state index is 0. The van der Waals surface area contributed by atoms with E-state index < -0.39 is 5.91 Å². The molecule has 1 unspecified atom stereocenters. The summed E-state index contributed by atoms with van der Waals surface area (Å²) in [4.78, 5) is 89.6.